The summed E-state index contributed by atoms with van der Waals surface area (Å²) >= 11 is 12.6. The first-order chi connectivity index (χ1) is 20.0. The molecule has 0 aromatic heterocycles. The normalized spacial score (nSPS) is 13.3. The first-order valence-electron chi connectivity index (χ1n) is 13.1. The number of carboxylic acid groups (broad SMARTS) is 1. The molecule has 1 saturated carbocycles. The average molecular weight is 615 g/mol. The van der Waals surface area contributed by atoms with Crippen molar-refractivity contribution in [2.24, 2.45) is 5.41 Å². The molecule has 3 aromatic rings. The number of carboxylic acids is 1. The van der Waals surface area contributed by atoms with Crippen molar-refractivity contribution in [3.05, 3.63) is 109 Å². The number of amides is 1. The quantitative estimate of drug-likeness (QED) is 0.128. The summed E-state index contributed by atoms with van der Waals surface area (Å²) in [5.74, 6) is -2.17. The van der Waals surface area contributed by atoms with Gasteiger partial charge in [-0.1, -0.05) is 53.5 Å². The summed E-state index contributed by atoms with van der Waals surface area (Å²) in [6, 6.07) is 18.0. The number of ether oxygens (including phenoxy) is 1. The van der Waals surface area contributed by atoms with Crippen LogP contribution in [-0.2, 0) is 32.1 Å². The molecule has 0 atom stereocenters. The molecule has 0 bridgehead atoms. The Kier molecular flexibility index (Phi) is 10.2. The van der Waals surface area contributed by atoms with Crippen molar-refractivity contribution in [1.82, 2.24) is 5.06 Å². The number of nitro benzene ring substituents is 1. The number of carbonyl (C=O) groups excluding carboxylic acids is 2. The van der Waals surface area contributed by atoms with Gasteiger partial charge in [0.1, 0.15) is 0 Å². The topological polar surface area (TPSA) is 136 Å². The molecule has 0 radical (unpaired) electrons. The van der Waals surface area contributed by atoms with Crippen molar-refractivity contribution in [2.45, 2.75) is 38.6 Å². The second-order valence-corrected chi connectivity index (χ2v) is 11.0. The van der Waals surface area contributed by atoms with E-state index in [2.05, 4.69) is 0 Å². The van der Waals surface area contributed by atoms with E-state index in [9.17, 15) is 24.5 Å². The van der Waals surface area contributed by atoms with E-state index in [4.69, 9.17) is 37.9 Å². The number of halogens is 2. The highest BCUT2D eigenvalue weighted by Gasteiger charge is 2.45. The van der Waals surface area contributed by atoms with Crippen molar-refractivity contribution >= 4 is 46.7 Å². The van der Waals surface area contributed by atoms with E-state index >= 15 is 0 Å². The Balaban J connectivity index is 1.54. The summed E-state index contributed by atoms with van der Waals surface area (Å²) in [7, 11) is 0. The lowest BCUT2D eigenvalue weighted by Crippen LogP contribution is -2.34. The number of aliphatic carboxylic acids is 1. The fourth-order valence-electron chi connectivity index (χ4n) is 4.18. The number of nitrogens with zero attached hydrogens (tertiary/aromatic N) is 2. The number of esters is 1. The van der Waals surface area contributed by atoms with Crippen molar-refractivity contribution in [3.8, 4) is 0 Å². The van der Waals surface area contributed by atoms with E-state index in [0.29, 0.717) is 46.0 Å². The number of rotatable bonds is 14. The molecule has 0 heterocycles. The van der Waals surface area contributed by atoms with Gasteiger partial charge in [-0.05, 0) is 60.2 Å². The number of benzene rings is 3. The highest BCUT2D eigenvalue weighted by atomic mass is 35.5. The third-order valence-electron chi connectivity index (χ3n) is 6.91. The van der Waals surface area contributed by atoms with Crippen LogP contribution < -0.4 is 0 Å². The van der Waals surface area contributed by atoms with Crippen LogP contribution in [0.15, 0.2) is 66.7 Å². The number of carbonyl (C=O) groups is 3. The van der Waals surface area contributed by atoms with Crippen LogP contribution >= 0.6 is 23.2 Å². The summed E-state index contributed by atoms with van der Waals surface area (Å²) < 4.78 is 5.28. The van der Waals surface area contributed by atoms with E-state index in [1.165, 1.54) is 17.2 Å². The largest absolute Gasteiger partial charge is 0.481 e. The molecule has 0 spiro atoms. The lowest BCUT2D eigenvalue weighted by molar-refractivity contribution is -0.384. The van der Waals surface area contributed by atoms with Gasteiger partial charge in [-0.25, -0.2) is 5.06 Å². The van der Waals surface area contributed by atoms with Gasteiger partial charge in [0.15, 0.2) is 0 Å². The van der Waals surface area contributed by atoms with Crippen LogP contribution in [0, 0.1) is 15.5 Å². The van der Waals surface area contributed by atoms with Gasteiger partial charge in [0, 0.05) is 33.2 Å². The lowest BCUT2D eigenvalue weighted by Gasteiger charge is -2.26. The van der Waals surface area contributed by atoms with Crippen molar-refractivity contribution in [2.75, 3.05) is 13.2 Å². The molecular weight excluding hydrogens is 587 g/mol. The Bertz CT molecular complexity index is 1460. The average Bonchev–Trinajstić information content (AvgIpc) is 3.75. The second kappa shape index (κ2) is 13.8. The molecule has 10 nitrogen and oxygen atoms in total. The monoisotopic (exact) mass is 614 g/mol. The van der Waals surface area contributed by atoms with Crippen LogP contribution in [0.3, 0.4) is 0 Å². The van der Waals surface area contributed by atoms with Gasteiger partial charge >= 0.3 is 11.9 Å². The predicted molar refractivity (Wildman–Crippen MR) is 154 cm³/mol. The van der Waals surface area contributed by atoms with Crippen LogP contribution in [0.5, 0.6) is 0 Å². The third kappa shape index (κ3) is 8.51. The minimum Gasteiger partial charge on any atom is -0.481 e. The molecule has 3 aromatic carbocycles. The Hall–Kier alpha value is -3.99. The van der Waals surface area contributed by atoms with Gasteiger partial charge in [0.05, 0.1) is 37.5 Å². The zero-order valence-corrected chi connectivity index (χ0v) is 24.0. The molecule has 4 rings (SSSR count). The van der Waals surface area contributed by atoms with Crippen LogP contribution in [0.4, 0.5) is 5.69 Å². The van der Waals surface area contributed by atoms with Gasteiger partial charge in [-0.2, -0.15) is 0 Å². The molecule has 1 N–H and O–H groups in total. The Morgan fingerprint density at radius 3 is 2.21 bits per heavy atom. The number of hydroxylamine groups is 2. The van der Waals surface area contributed by atoms with Crippen LogP contribution in [0.1, 0.15) is 52.7 Å². The van der Waals surface area contributed by atoms with Crippen LogP contribution in [0.25, 0.3) is 0 Å². The van der Waals surface area contributed by atoms with Crippen LogP contribution in [0.2, 0.25) is 10.0 Å². The molecule has 1 aliphatic carbocycles. The highest BCUT2D eigenvalue weighted by Crippen LogP contribution is 2.46. The maximum absolute atomic E-state index is 14.0. The highest BCUT2D eigenvalue weighted by molar-refractivity contribution is 6.32. The standard InChI is InChI=1S/C30H28Cl2N2O8/c31-22-8-4-20(5-9-22)16-25-24(2-1-3-26(25)32)29(38)33(17-21-6-10-23(11-7-21)34(39)40)42-19-30(14-15-30)18-41-28(37)13-12-27(35)36/h1-11H,12-19H2,(H,35,36). The van der Waals surface area contributed by atoms with Gasteiger partial charge in [0.2, 0.25) is 0 Å². The molecule has 12 heteroatoms. The summed E-state index contributed by atoms with van der Waals surface area (Å²) in [6.07, 6.45) is 1.19. The molecule has 0 saturated heterocycles. The lowest BCUT2D eigenvalue weighted by atomic mass is 9.99. The van der Waals surface area contributed by atoms with Gasteiger partial charge < -0.3 is 9.84 Å². The maximum Gasteiger partial charge on any atom is 0.306 e. The predicted octanol–water partition coefficient (Wildman–Crippen LogP) is 6.25. The minimum absolute atomic E-state index is 0.0157. The maximum atomic E-state index is 14.0. The van der Waals surface area contributed by atoms with Crippen molar-refractivity contribution in [3.63, 3.8) is 0 Å². The molecule has 1 aliphatic rings. The third-order valence-corrected chi connectivity index (χ3v) is 7.52. The van der Waals surface area contributed by atoms with Gasteiger partial charge in [-0.15, -0.1) is 0 Å². The number of nitro groups is 1. The van der Waals surface area contributed by atoms with E-state index in [1.807, 2.05) is 12.1 Å². The van der Waals surface area contributed by atoms with Crippen LogP contribution in [-0.4, -0.2) is 46.2 Å². The first kappa shape index (κ1) is 31.0. The van der Waals surface area contributed by atoms with E-state index in [0.717, 1.165) is 5.56 Å². The summed E-state index contributed by atoms with van der Waals surface area (Å²) in [6.45, 7) is 0.0766. The smallest absolute Gasteiger partial charge is 0.306 e. The molecule has 1 amide bonds. The molecular formula is C30H28Cl2N2O8. The van der Waals surface area contributed by atoms with Gasteiger partial charge in [-0.3, -0.25) is 29.3 Å². The summed E-state index contributed by atoms with van der Waals surface area (Å²) in [4.78, 5) is 53.3. The Morgan fingerprint density at radius 2 is 1.60 bits per heavy atom. The number of hydrogen-bond acceptors (Lipinski definition) is 7. The van der Waals surface area contributed by atoms with E-state index in [-0.39, 0.29) is 38.3 Å². The minimum atomic E-state index is -1.09. The zero-order valence-electron chi connectivity index (χ0n) is 22.5. The van der Waals surface area contributed by atoms with Gasteiger partial charge in [0.25, 0.3) is 11.6 Å². The fraction of sp³-hybridized carbons (Fsp3) is 0.300. The van der Waals surface area contributed by atoms with Crippen molar-refractivity contribution in [1.29, 1.82) is 0 Å². The fourth-order valence-corrected chi connectivity index (χ4v) is 4.55. The SMILES string of the molecule is O=C(O)CCC(=O)OCC1(CON(Cc2ccc([N+](=O)[O-])cc2)C(=O)c2cccc(Cl)c2Cc2ccc(Cl)cc2)CC1. The molecule has 42 heavy (non-hydrogen) atoms. The summed E-state index contributed by atoms with van der Waals surface area (Å²) in [5, 5.41) is 22.0. The molecule has 0 unspecified atom stereocenters. The molecule has 0 aliphatic heterocycles. The number of hydrogen-bond donors (Lipinski definition) is 1. The Labute approximate surface area is 251 Å². The number of non-ortho nitro benzene ring substituents is 1. The second-order valence-electron chi connectivity index (χ2n) is 10.2. The van der Waals surface area contributed by atoms with Crippen molar-refractivity contribution < 1.29 is 34.0 Å². The van der Waals surface area contributed by atoms with E-state index in [1.54, 1.807) is 42.5 Å². The Morgan fingerprint density at radius 1 is 0.929 bits per heavy atom. The van der Waals surface area contributed by atoms with E-state index < -0.39 is 28.2 Å². The molecule has 1 fully saturated rings. The summed E-state index contributed by atoms with van der Waals surface area (Å²) in [5.41, 5.74) is 1.82. The first-order valence-corrected chi connectivity index (χ1v) is 13.9. The zero-order chi connectivity index (χ0) is 30.3. The molecule has 220 valence electrons.